The van der Waals surface area contributed by atoms with Crippen LogP contribution in [0.15, 0.2) is 59.1 Å². The van der Waals surface area contributed by atoms with Crippen LogP contribution in [0.25, 0.3) is 17.5 Å². The third kappa shape index (κ3) is 4.56. The van der Waals surface area contributed by atoms with Crippen molar-refractivity contribution in [2.75, 3.05) is 14.2 Å². The summed E-state index contributed by atoms with van der Waals surface area (Å²) in [6, 6.07) is 14.5. The first-order chi connectivity index (χ1) is 13.6. The average molecular weight is 379 g/mol. The maximum atomic E-state index is 12.1. The third-order valence-corrected chi connectivity index (χ3v) is 4.04. The molecule has 2 aromatic carbocycles. The number of nitrogens with one attached hydrogen (secondary N) is 1. The maximum absolute atomic E-state index is 12.1. The van der Waals surface area contributed by atoms with Crippen molar-refractivity contribution >= 4 is 12.0 Å². The lowest BCUT2D eigenvalue weighted by molar-refractivity contribution is -0.117. The molecule has 0 aliphatic heterocycles. The molecule has 3 aromatic rings. The number of methoxy groups -OCH3 is 2. The highest BCUT2D eigenvalue weighted by Crippen LogP contribution is 2.31. The van der Waals surface area contributed by atoms with Gasteiger partial charge in [0.1, 0.15) is 6.04 Å². The SMILES string of the molecule is COc1ccc(-c2noc(C(C)NC(=O)/C=C/c3ccccc3)n2)cc1OC. The number of rotatable bonds is 7. The van der Waals surface area contributed by atoms with E-state index in [4.69, 9.17) is 14.0 Å². The number of ether oxygens (including phenoxy) is 2. The zero-order chi connectivity index (χ0) is 19.9. The first kappa shape index (κ1) is 19.2. The topological polar surface area (TPSA) is 86.5 Å². The van der Waals surface area contributed by atoms with Crippen LogP contribution in [0.3, 0.4) is 0 Å². The third-order valence-electron chi connectivity index (χ3n) is 4.04. The lowest BCUT2D eigenvalue weighted by Gasteiger charge is -2.08. The molecule has 1 atom stereocenters. The van der Waals surface area contributed by atoms with Gasteiger partial charge in [0.15, 0.2) is 11.5 Å². The molecule has 0 radical (unpaired) electrons. The minimum absolute atomic E-state index is 0.248. The fourth-order valence-corrected chi connectivity index (χ4v) is 2.56. The van der Waals surface area contributed by atoms with Crippen molar-refractivity contribution in [2.24, 2.45) is 0 Å². The first-order valence-electron chi connectivity index (χ1n) is 8.70. The minimum Gasteiger partial charge on any atom is -0.493 e. The number of hydrogen-bond acceptors (Lipinski definition) is 6. The van der Waals surface area contributed by atoms with Crippen molar-refractivity contribution in [1.82, 2.24) is 15.5 Å². The fourth-order valence-electron chi connectivity index (χ4n) is 2.56. The molecule has 144 valence electrons. The highest BCUT2D eigenvalue weighted by molar-refractivity contribution is 5.91. The molecular weight excluding hydrogens is 358 g/mol. The number of amides is 1. The molecule has 0 aliphatic rings. The summed E-state index contributed by atoms with van der Waals surface area (Å²) in [5, 5.41) is 6.79. The van der Waals surface area contributed by atoms with Gasteiger partial charge in [-0.1, -0.05) is 35.5 Å². The standard InChI is InChI=1S/C21H21N3O4/c1-14(22-19(25)12-9-15-7-5-4-6-8-15)21-23-20(24-28-21)16-10-11-17(26-2)18(13-16)27-3/h4-14H,1-3H3,(H,22,25)/b12-9+. The average Bonchev–Trinajstić information content (AvgIpc) is 3.23. The quantitative estimate of drug-likeness (QED) is 0.631. The maximum Gasteiger partial charge on any atom is 0.249 e. The van der Waals surface area contributed by atoms with E-state index >= 15 is 0 Å². The van der Waals surface area contributed by atoms with Crippen molar-refractivity contribution in [2.45, 2.75) is 13.0 Å². The van der Waals surface area contributed by atoms with E-state index in [0.717, 1.165) is 11.1 Å². The van der Waals surface area contributed by atoms with E-state index < -0.39 is 6.04 Å². The molecule has 0 saturated carbocycles. The first-order valence-corrected chi connectivity index (χ1v) is 8.70. The van der Waals surface area contributed by atoms with E-state index in [1.54, 1.807) is 39.4 Å². The summed E-state index contributed by atoms with van der Waals surface area (Å²) in [7, 11) is 3.13. The van der Waals surface area contributed by atoms with Gasteiger partial charge in [-0.3, -0.25) is 4.79 Å². The number of carbonyl (C=O) groups is 1. The van der Waals surface area contributed by atoms with Gasteiger partial charge in [-0.15, -0.1) is 0 Å². The summed E-state index contributed by atoms with van der Waals surface area (Å²) < 4.78 is 15.8. The van der Waals surface area contributed by atoms with Crippen molar-refractivity contribution in [3.05, 3.63) is 66.1 Å². The van der Waals surface area contributed by atoms with E-state index in [9.17, 15) is 4.79 Å². The molecule has 3 rings (SSSR count). The Morgan fingerprint density at radius 1 is 1.11 bits per heavy atom. The Morgan fingerprint density at radius 3 is 2.57 bits per heavy atom. The normalized spacial score (nSPS) is 12.0. The molecule has 0 spiro atoms. The number of hydrogen-bond donors (Lipinski definition) is 1. The van der Waals surface area contributed by atoms with Crippen molar-refractivity contribution in [3.63, 3.8) is 0 Å². The zero-order valence-electron chi connectivity index (χ0n) is 15.9. The van der Waals surface area contributed by atoms with Gasteiger partial charge in [-0.2, -0.15) is 4.98 Å². The predicted octanol–water partition coefficient (Wildman–Crippen LogP) is 3.64. The molecule has 0 saturated heterocycles. The summed E-state index contributed by atoms with van der Waals surface area (Å²) in [6.45, 7) is 1.78. The largest absolute Gasteiger partial charge is 0.493 e. The highest BCUT2D eigenvalue weighted by Gasteiger charge is 2.17. The predicted molar refractivity (Wildman–Crippen MR) is 105 cm³/mol. The number of aromatic nitrogens is 2. The Bertz CT molecular complexity index is 967. The second-order valence-electron chi connectivity index (χ2n) is 6.00. The Hall–Kier alpha value is -3.61. The number of nitrogens with zero attached hydrogens (tertiary/aromatic N) is 2. The number of carbonyl (C=O) groups excluding carboxylic acids is 1. The van der Waals surface area contributed by atoms with Crippen LogP contribution in [0.1, 0.15) is 24.4 Å². The van der Waals surface area contributed by atoms with Crippen LogP contribution in [-0.4, -0.2) is 30.3 Å². The molecule has 7 nitrogen and oxygen atoms in total. The summed E-state index contributed by atoms with van der Waals surface area (Å²) in [6.07, 6.45) is 3.21. The lowest BCUT2D eigenvalue weighted by Crippen LogP contribution is -2.24. The highest BCUT2D eigenvalue weighted by atomic mass is 16.5. The van der Waals surface area contributed by atoms with Crippen LogP contribution in [0.2, 0.25) is 0 Å². The molecule has 1 N–H and O–H groups in total. The van der Waals surface area contributed by atoms with Crippen LogP contribution >= 0.6 is 0 Å². The smallest absolute Gasteiger partial charge is 0.249 e. The van der Waals surface area contributed by atoms with Gasteiger partial charge in [0.2, 0.25) is 17.6 Å². The minimum atomic E-state index is -0.436. The van der Waals surface area contributed by atoms with Crippen LogP contribution < -0.4 is 14.8 Å². The van der Waals surface area contributed by atoms with Gasteiger partial charge in [-0.25, -0.2) is 0 Å². The van der Waals surface area contributed by atoms with E-state index in [2.05, 4.69) is 15.5 Å². The van der Waals surface area contributed by atoms with Gasteiger partial charge >= 0.3 is 0 Å². The van der Waals surface area contributed by atoms with E-state index in [-0.39, 0.29) is 5.91 Å². The van der Waals surface area contributed by atoms with Gasteiger partial charge in [0.05, 0.1) is 14.2 Å². The van der Waals surface area contributed by atoms with Crippen molar-refractivity contribution < 1.29 is 18.8 Å². The van der Waals surface area contributed by atoms with Gasteiger partial charge in [-0.05, 0) is 36.8 Å². The van der Waals surface area contributed by atoms with Crippen LogP contribution in [-0.2, 0) is 4.79 Å². The molecular formula is C21H21N3O4. The van der Waals surface area contributed by atoms with Gasteiger partial charge < -0.3 is 19.3 Å². The Balaban J connectivity index is 1.68. The number of benzene rings is 2. The van der Waals surface area contributed by atoms with Crippen LogP contribution in [0.5, 0.6) is 11.5 Å². The molecule has 1 aromatic heterocycles. The Labute approximate surface area is 163 Å². The van der Waals surface area contributed by atoms with E-state index in [0.29, 0.717) is 23.2 Å². The van der Waals surface area contributed by atoms with Gasteiger partial charge in [0.25, 0.3) is 0 Å². The molecule has 7 heteroatoms. The van der Waals surface area contributed by atoms with E-state index in [1.807, 2.05) is 36.4 Å². The van der Waals surface area contributed by atoms with Crippen LogP contribution in [0.4, 0.5) is 0 Å². The summed E-state index contributed by atoms with van der Waals surface area (Å²) >= 11 is 0. The monoisotopic (exact) mass is 379 g/mol. The zero-order valence-corrected chi connectivity index (χ0v) is 15.9. The lowest BCUT2D eigenvalue weighted by atomic mass is 10.2. The molecule has 1 heterocycles. The molecule has 0 aliphatic carbocycles. The second-order valence-corrected chi connectivity index (χ2v) is 6.00. The Morgan fingerprint density at radius 2 is 1.86 bits per heavy atom. The van der Waals surface area contributed by atoms with Gasteiger partial charge in [0, 0.05) is 11.6 Å². The molecule has 28 heavy (non-hydrogen) atoms. The Kier molecular flexibility index (Phi) is 6.06. The summed E-state index contributed by atoms with van der Waals surface area (Å²) in [5.41, 5.74) is 1.66. The molecule has 0 bridgehead atoms. The molecule has 1 amide bonds. The molecule has 1 unspecified atom stereocenters. The summed E-state index contributed by atoms with van der Waals surface area (Å²) in [5.74, 6) is 1.64. The fraction of sp³-hybridized carbons (Fsp3) is 0.190. The van der Waals surface area contributed by atoms with E-state index in [1.165, 1.54) is 6.08 Å². The summed E-state index contributed by atoms with van der Waals surface area (Å²) in [4.78, 5) is 16.5. The van der Waals surface area contributed by atoms with Crippen molar-refractivity contribution in [1.29, 1.82) is 0 Å². The second kappa shape index (κ2) is 8.85. The van der Waals surface area contributed by atoms with Crippen LogP contribution in [0, 0.1) is 0 Å². The molecule has 0 fully saturated rings. The van der Waals surface area contributed by atoms with Crippen molar-refractivity contribution in [3.8, 4) is 22.9 Å².